The number of hydrogen-bond acceptors (Lipinski definition) is 4. The second-order valence-electron chi connectivity index (χ2n) is 8.15. The Balaban J connectivity index is 1.72. The molecule has 3 rings (SSSR count). The van der Waals surface area contributed by atoms with Gasteiger partial charge in [0.05, 0.1) is 22.3 Å². The van der Waals surface area contributed by atoms with E-state index in [9.17, 15) is 13.2 Å². The predicted octanol–water partition coefficient (Wildman–Crippen LogP) is 4.42. The number of hydrogen-bond donors (Lipinski definition) is 1. The van der Waals surface area contributed by atoms with Gasteiger partial charge < -0.3 is 4.90 Å². The molecule has 1 heterocycles. The molecule has 2 aromatic rings. The molecule has 0 radical (unpaired) electrons. The monoisotopic (exact) mass is 483 g/mol. The van der Waals surface area contributed by atoms with Gasteiger partial charge in [-0.2, -0.15) is 0 Å². The lowest BCUT2D eigenvalue weighted by molar-refractivity contribution is -0.129. The van der Waals surface area contributed by atoms with Crippen molar-refractivity contribution in [2.75, 3.05) is 5.75 Å². The molecular weight excluding hydrogens is 457 g/mol. The Morgan fingerprint density at radius 3 is 2.48 bits per heavy atom. The van der Waals surface area contributed by atoms with Gasteiger partial charge in [-0.15, -0.1) is 0 Å². The summed E-state index contributed by atoms with van der Waals surface area (Å²) >= 11 is 12.1. The maximum absolute atomic E-state index is 13.0. The zero-order valence-electron chi connectivity index (χ0n) is 17.4. The van der Waals surface area contributed by atoms with Gasteiger partial charge in [0.2, 0.25) is 15.9 Å². The molecule has 1 aliphatic carbocycles. The van der Waals surface area contributed by atoms with Crippen LogP contribution in [0.4, 0.5) is 0 Å². The highest BCUT2D eigenvalue weighted by Crippen LogP contribution is 2.25. The number of carbonyl (C=O) groups is 1. The maximum atomic E-state index is 13.0. The van der Waals surface area contributed by atoms with Crippen LogP contribution in [-0.4, -0.2) is 36.0 Å². The lowest BCUT2D eigenvalue weighted by Gasteiger charge is -2.27. The van der Waals surface area contributed by atoms with E-state index in [0.717, 1.165) is 31.2 Å². The molecule has 6 nitrogen and oxygen atoms in total. The topological polar surface area (TPSA) is 79.4 Å². The molecule has 168 valence electrons. The Labute approximate surface area is 194 Å². The van der Waals surface area contributed by atoms with Crippen LogP contribution in [0.2, 0.25) is 10.0 Å². The quantitative estimate of drug-likeness (QED) is 0.602. The number of sulfonamides is 1. The molecule has 1 N–H and O–H groups in total. The molecule has 9 heteroatoms. The fourth-order valence-corrected chi connectivity index (χ4v) is 5.36. The molecule has 0 unspecified atom stereocenters. The van der Waals surface area contributed by atoms with Gasteiger partial charge in [-0.1, -0.05) is 42.3 Å². The van der Waals surface area contributed by atoms with Crippen molar-refractivity contribution in [2.45, 2.75) is 51.7 Å². The van der Waals surface area contributed by atoms with Crippen LogP contribution in [0.1, 0.15) is 43.9 Å². The summed E-state index contributed by atoms with van der Waals surface area (Å²) in [5, 5.41) is 0.798. The third kappa shape index (κ3) is 7.45. The summed E-state index contributed by atoms with van der Waals surface area (Å²) in [5.41, 5.74) is 1.42. The van der Waals surface area contributed by atoms with Crippen LogP contribution in [0.15, 0.2) is 42.6 Å². The average Bonchev–Trinajstić information content (AvgIpc) is 2.72. The molecule has 1 aliphatic rings. The molecule has 0 bridgehead atoms. The number of aromatic nitrogens is 1. The average molecular weight is 484 g/mol. The molecule has 0 atom stereocenters. The fourth-order valence-electron chi connectivity index (χ4n) is 3.71. The molecular formula is C22H27Cl2N3O3S. The van der Waals surface area contributed by atoms with Crippen LogP contribution >= 0.6 is 23.2 Å². The van der Waals surface area contributed by atoms with Crippen molar-refractivity contribution in [1.29, 1.82) is 0 Å². The molecule has 1 amide bonds. The highest BCUT2D eigenvalue weighted by molar-refractivity contribution is 7.90. The normalized spacial score (nSPS) is 19.2. The van der Waals surface area contributed by atoms with Crippen molar-refractivity contribution in [3.05, 3.63) is 63.9 Å². The first-order valence-electron chi connectivity index (χ1n) is 10.3. The van der Waals surface area contributed by atoms with Crippen LogP contribution < -0.4 is 4.72 Å². The van der Waals surface area contributed by atoms with Gasteiger partial charge in [-0.05, 0) is 61.4 Å². The van der Waals surface area contributed by atoms with E-state index in [-0.39, 0.29) is 19.1 Å². The van der Waals surface area contributed by atoms with E-state index >= 15 is 0 Å². The largest absolute Gasteiger partial charge is 0.332 e. The summed E-state index contributed by atoms with van der Waals surface area (Å²) in [6, 6.07) is 10.4. The molecule has 0 spiro atoms. The highest BCUT2D eigenvalue weighted by atomic mass is 35.5. The highest BCUT2D eigenvalue weighted by Gasteiger charge is 2.27. The van der Waals surface area contributed by atoms with Gasteiger partial charge in [0.15, 0.2) is 0 Å². The van der Waals surface area contributed by atoms with E-state index in [4.69, 9.17) is 23.2 Å². The van der Waals surface area contributed by atoms with Gasteiger partial charge in [0.25, 0.3) is 0 Å². The minimum Gasteiger partial charge on any atom is -0.332 e. The molecule has 1 aromatic heterocycles. The van der Waals surface area contributed by atoms with Gasteiger partial charge >= 0.3 is 0 Å². The first-order chi connectivity index (χ1) is 14.7. The molecule has 1 aromatic carbocycles. The van der Waals surface area contributed by atoms with Crippen molar-refractivity contribution >= 4 is 39.1 Å². The predicted molar refractivity (Wildman–Crippen MR) is 123 cm³/mol. The van der Waals surface area contributed by atoms with Crippen molar-refractivity contribution in [3.8, 4) is 0 Å². The van der Waals surface area contributed by atoms with E-state index in [2.05, 4.69) is 16.6 Å². The van der Waals surface area contributed by atoms with Crippen LogP contribution in [-0.2, 0) is 27.9 Å². The number of pyridine rings is 1. The van der Waals surface area contributed by atoms with Gasteiger partial charge in [0.1, 0.15) is 5.75 Å². The third-order valence-corrected chi connectivity index (χ3v) is 7.52. The van der Waals surface area contributed by atoms with E-state index in [0.29, 0.717) is 21.7 Å². The number of halogens is 2. The van der Waals surface area contributed by atoms with Crippen LogP contribution in [0.5, 0.6) is 0 Å². The number of carbonyl (C=O) groups excluding carboxylic acids is 1. The second-order valence-corrected chi connectivity index (χ2v) is 10.7. The first kappa shape index (κ1) is 24.0. The summed E-state index contributed by atoms with van der Waals surface area (Å²) in [4.78, 5) is 18.8. The fraction of sp³-hybridized carbons (Fsp3) is 0.455. The van der Waals surface area contributed by atoms with E-state index in [1.54, 1.807) is 36.5 Å². The second kappa shape index (κ2) is 10.8. The Morgan fingerprint density at radius 1 is 1.10 bits per heavy atom. The van der Waals surface area contributed by atoms with E-state index < -0.39 is 21.7 Å². The molecule has 0 saturated heterocycles. The third-order valence-electron chi connectivity index (χ3n) is 5.46. The minimum absolute atomic E-state index is 0.103. The molecule has 1 saturated carbocycles. The zero-order chi connectivity index (χ0) is 22.4. The number of nitrogens with one attached hydrogen (secondary N) is 1. The summed E-state index contributed by atoms with van der Waals surface area (Å²) in [7, 11) is -3.75. The Kier molecular flexibility index (Phi) is 8.33. The maximum Gasteiger partial charge on any atom is 0.239 e. The van der Waals surface area contributed by atoms with Crippen molar-refractivity contribution in [2.24, 2.45) is 5.92 Å². The lowest BCUT2D eigenvalue weighted by Crippen LogP contribution is -2.43. The van der Waals surface area contributed by atoms with Crippen LogP contribution in [0, 0.1) is 5.92 Å². The smallest absolute Gasteiger partial charge is 0.239 e. The standard InChI is InChI=1S/C22H27Cl2N3O3S/c1-16-5-8-18(9-6-16)26-31(29,30)15-22(28)27(14-19-4-2-3-11-25-19)13-17-7-10-20(23)21(24)12-17/h2-4,7,10-12,16,18,26H,5-6,8-9,13-15H2,1H3. The van der Waals surface area contributed by atoms with Crippen LogP contribution in [0.25, 0.3) is 0 Å². The van der Waals surface area contributed by atoms with E-state index in [1.807, 2.05) is 6.07 Å². The molecule has 31 heavy (non-hydrogen) atoms. The van der Waals surface area contributed by atoms with Crippen molar-refractivity contribution < 1.29 is 13.2 Å². The summed E-state index contributed by atoms with van der Waals surface area (Å²) in [6.07, 6.45) is 5.22. The summed E-state index contributed by atoms with van der Waals surface area (Å²) < 4.78 is 28.1. The van der Waals surface area contributed by atoms with Crippen LogP contribution in [0.3, 0.4) is 0 Å². The Hall–Kier alpha value is -1.67. The summed E-state index contributed by atoms with van der Waals surface area (Å²) in [6.45, 7) is 2.56. The first-order valence-corrected chi connectivity index (χ1v) is 12.7. The molecule has 0 aliphatic heterocycles. The molecule has 1 fully saturated rings. The number of nitrogens with zero attached hydrogens (tertiary/aromatic N) is 2. The van der Waals surface area contributed by atoms with E-state index in [1.165, 1.54) is 4.90 Å². The number of amides is 1. The zero-order valence-corrected chi connectivity index (χ0v) is 19.8. The Bertz CT molecular complexity index is 994. The number of rotatable bonds is 8. The van der Waals surface area contributed by atoms with Gasteiger partial charge in [0, 0.05) is 18.8 Å². The SMILES string of the molecule is CC1CCC(NS(=O)(=O)CC(=O)N(Cc2ccc(Cl)c(Cl)c2)Cc2ccccn2)CC1. The van der Waals surface area contributed by atoms with Gasteiger partial charge in [-0.3, -0.25) is 9.78 Å². The Morgan fingerprint density at radius 2 is 1.84 bits per heavy atom. The van der Waals surface area contributed by atoms with Crippen molar-refractivity contribution in [1.82, 2.24) is 14.6 Å². The van der Waals surface area contributed by atoms with Crippen molar-refractivity contribution in [3.63, 3.8) is 0 Å². The minimum atomic E-state index is -3.75. The van der Waals surface area contributed by atoms with Gasteiger partial charge in [-0.25, -0.2) is 13.1 Å². The number of benzene rings is 1. The lowest BCUT2D eigenvalue weighted by atomic mass is 9.88. The summed E-state index contributed by atoms with van der Waals surface area (Å²) in [5.74, 6) is -0.483.